The van der Waals surface area contributed by atoms with Crippen molar-refractivity contribution >= 4 is 43.4 Å². The van der Waals surface area contributed by atoms with E-state index in [9.17, 15) is 13.2 Å². The number of carbonyl (C=O) groups excluding carboxylic acids is 1. The van der Waals surface area contributed by atoms with Gasteiger partial charge < -0.3 is 4.74 Å². The third-order valence-corrected chi connectivity index (χ3v) is 6.17. The number of halogens is 1. The predicted octanol–water partition coefficient (Wildman–Crippen LogP) is 4.00. The number of ether oxygens (including phenoxy) is 1. The molecule has 132 valence electrons. The molecular weight excluding hydrogens is 408 g/mol. The van der Waals surface area contributed by atoms with Crippen LogP contribution in [0.3, 0.4) is 0 Å². The van der Waals surface area contributed by atoms with Crippen molar-refractivity contribution in [3.8, 4) is 5.75 Å². The van der Waals surface area contributed by atoms with E-state index in [1.165, 1.54) is 18.1 Å². The Hall–Kier alpha value is -2.06. The van der Waals surface area contributed by atoms with Gasteiger partial charge in [-0.05, 0) is 42.8 Å². The summed E-state index contributed by atoms with van der Waals surface area (Å²) in [7, 11) is -2.50. The van der Waals surface area contributed by atoms with Gasteiger partial charge in [-0.3, -0.25) is 4.90 Å². The molecule has 25 heavy (non-hydrogen) atoms. The van der Waals surface area contributed by atoms with Crippen LogP contribution in [0.1, 0.15) is 13.3 Å². The SMILES string of the molecule is CCCN1C(=O)N(c2ccc(Br)cc2)S(=O)(=O)c2ccc(OC)cc21. The molecule has 0 N–H and O–H groups in total. The second-order valence-electron chi connectivity index (χ2n) is 5.51. The lowest BCUT2D eigenvalue weighted by atomic mass is 10.2. The number of methoxy groups -OCH3 is 1. The summed E-state index contributed by atoms with van der Waals surface area (Å²) in [5.74, 6) is 0.500. The van der Waals surface area contributed by atoms with Gasteiger partial charge in [0.1, 0.15) is 10.6 Å². The van der Waals surface area contributed by atoms with E-state index in [1.54, 1.807) is 36.4 Å². The summed E-state index contributed by atoms with van der Waals surface area (Å²) in [5.41, 5.74) is 0.648. The zero-order chi connectivity index (χ0) is 18.2. The fourth-order valence-electron chi connectivity index (χ4n) is 2.73. The number of hydrogen-bond donors (Lipinski definition) is 0. The van der Waals surface area contributed by atoms with Crippen LogP contribution in [-0.2, 0) is 10.0 Å². The maximum atomic E-state index is 13.1. The molecule has 0 radical (unpaired) electrons. The maximum Gasteiger partial charge on any atom is 0.343 e. The molecule has 0 aromatic heterocycles. The third-order valence-electron chi connectivity index (χ3n) is 3.89. The van der Waals surface area contributed by atoms with Gasteiger partial charge in [0.15, 0.2) is 0 Å². The molecule has 0 saturated carbocycles. The second kappa shape index (κ2) is 6.68. The first-order valence-corrected chi connectivity index (χ1v) is 9.94. The van der Waals surface area contributed by atoms with Gasteiger partial charge in [0.2, 0.25) is 0 Å². The van der Waals surface area contributed by atoms with E-state index in [-0.39, 0.29) is 4.90 Å². The van der Waals surface area contributed by atoms with E-state index < -0.39 is 16.1 Å². The zero-order valence-electron chi connectivity index (χ0n) is 13.8. The number of nitrogens with zero attached hydrogens (tertiary/aromatic N) is 2. The van der Waals surface area contributed by atoms with Crippen LogP contribution in [0.4, 0.5) is 16.2 Å². The lowest BCUT2D eigenvalue weighted by Crippen LogP contribution is -2.51. The molecule has 1 heterocycles. The standard InChI is InChI=1S/C17H17BrN2O4S/c1-3-10-19-15-11-14(24-2)8-9-16(15)25(22,23)20(17(19)21)13-6-4-12(18)5-7-13/h4-9,11H,3,10H2,1-2H3. The summed E-state index contributed by atoms with van der Waals surface area (Å²) in [6, 6.07) is 10.6. The van der Waals surface area contributed by atoms with E-state index in [0.29, 0.717) is 30.1 Å². The fraction of sp³-hybridized carbons (Fsp3) is 0.235. The van der Waals surface area contributed by atoms with Gasteiger partial charge in [-0.25, -0.2) is 13.2 Å². The zero-order valence-corrected chi connectivity index (χ0v) is 16.2. The Morgan fingerprint density at radius 1 is 1.12 bits per heavy atom. The van der Waals surface area contributed by atoms with Crippen LogP contribution in [0, 0.1) is 0 Å². The number of amides is 2. The first kappa shape index (κ1) is 17.8. The molecule has 6 nitrogen and oxygen atoms in total. The van der Waals surface area contributed by atoms with Gasteiger partial charge >= 0.3 is 6.03 Å². The molecule has 0 spiro atoms. The molecule has 0 bridgehead atoms. The largest absolute Gasteiger partial charge is 0.497 e. The lowest BCUT2D eigenvalue weighted by molar-refractivity contribution is 0.253. The molecule has 0 saturated heterocycles. The lowest BCUT2D eigenvalue weighted by Gasteiger charge is -2.36. The molecular formula is C17H17BrN2O4S. The molecule has 2 amide bonds. The van der Waals surface area contributed by atoms with Crippen LogP contribution >= 0.6 is 15.9 Å². The summed E-state index contributed by atoms with van der Waals surface area (Å²) in [4.78, 5) is 14.6. The van der Waals surface area contributed by atoms with Crippen LogP contribution in [0.15, 0.2) is 51.8 Å². The Kier molecular flexibility index (Phi) is 4.75. The van der Waals surface area contributed by atoms with Crippen molar-refractivity contribution in [2.75, 3.05) is 22.9 Å². The Bertz CT molecular complexity index is 913. The van der Waals surface area contributed by atoms with Gasteiger partial charge in [0.25, 0.3) is 10.0 Å². The Morgan fingerprint density at radius 3 is 2.40 bits per heavy atom. The summed E-state index contributed by atoms with van der Waals surface area (Å²) < 4.78 is 33.0. The summed E-state index contributed by atoms with van der Waals surface area (Å²) in [6.07, 6.45) is 0.691. The molecule has 3 rings (SSSR count). The van der Waals surface area contributed by atoms with E-state index in [4.69, 9.17) is 4.74 Å². The molecule has 0 atom stereocenters. The number of benzene rings is 2. The van der Waals surface area contributed by atoms with Gasteiger partial charge in [-0.2, -0.15) is 4.31 Å². The van der Waals surface area contributed by atoms with Crippen molar-refractivity contribution in [1.82, 2.24) is 0 Å². The highest BCUT2D eigenvalue weighted by molar-refractivity contribution is 9.10. The van der Waals surface area contributed by atoms with Crippen LogP contribution in [0.2, 0.25) is 0 Å². The first-order valence-electron chi connectivity index (χ1n) is 7.70. The number of sulfonamides is 1. The van der Waals surface area contributed by atoms with Crippen molar-refractivity contribution in [2.24, 2.45) is 0 Å². The van der Waals surface area contributed by atoms with Gasteiger partial charge in [-0.1, -0.05) is 22.9 Å². The van der Waals surface area contributed by atoms with Crippen LogP contribution < -0.4 is 13.9 Å². The van der Waals surface area contributed by atoms with Crippen molar-refractivity contribution in [1.29, 1.82) is 0 Å². The Labute approximate surface area is 155 Å². The van der Waals surface area contributed by atoms with Gasteiger partial charge in [-0.15, -0.1) is 0 Å². The normalized spacial score (nSPS) is 15.9. The van der Waals surface area contributed by atoms with Crippen molar-refractivity contribution in [2.45, 2.75) is 18.2 Å². The number of anilines is 2. The number of hydrogen-bond acceptors (Lipinski definition) is 4. The van der Waals surface area contributed by atoms with Gasteiger partial charge in [0, 0.05) is 17.1 Å². The number of fused-ring (bicyclic) bond motifs is 1. The topological polar surface area (TPSA) is 66.9 Å². The average molecular weight is 425 g/mol. The van der Waals surface area contributed by atoms with E-state index in [0.717, 1.165) is 8.78 Å². The van der Waals surface area contributed by atoms with Crippen molar-refractivity contribution in [3.63, 3.8) is 0 Å². The van der Waals surface area contributed by atoms with Crippen LogP contribution in [0.25, 0.3) is 0 Å². The quantitative estimate of drug-likeness (QED) is 0.743. The highest BCUT2D eigenvalue weighted by atomic mass is 79.9. The molecule has 0 fully saturated rings. The van der Waals surface area contributed by atoms with Crippen LogP contribution in [-0.4, -0.2) is 28.1 Å². The molecule has 1 aliphatic rings. The minimum Gasteiger partial charge on any atom is -0.497 e. The third kappa shape index (κ3) is 3.00. The second-order valence-corrected chi connectivity index (χ2v) is 8.18. The molecule has 2 aromatic rings. The Morgan fingerprint density at radius 2 is 1.80 bits per heavy atom. The minimum atomic E-state index is -4.00. The monoisotopic (exact) mass is 424 g/mol. The van der Waals surface area contributed by atoms with E-state index in [2.05, 4.69) is 15.9 Å². The van der Waals surface area contributed by atoms with Crippen molar-refractivity contribution < 1.29 is 17.9 Å². The fourth-order valence-corrected chi connectivity index (χ4v) is 4.57. The summed E-state index contributed by atoms with van der Waals surface area (Å²) in [6.45, 7) is 2.34. The predicted molar refractivity (Wildman–Crippen MR) is 99.8 cm³/mol. The molecule has 2 aromatic carbocycles. The highest BCUT2D eigenvalue weighted by Crippen LogP contribution is 2.39. The summed E-state index contributed by atoms with van der Waals surface area (Å²) >= 11 is 3.31. The average Bonchev–Trinajstić information content (AvgIpc) is 2.59. The molecule has 1 aliphatic heterocycles. The van der Waals surface area contributed by atoms with Crippen LogP contribution in [0.5, 0.6) is 5.75 Å². The Balaban J connectivity index is 2.22. The number of urea groups is 1. The number of carbonyl (C=O) groups is 1. The first-order chi connectivity index (χ1) is 11.9. The smallest absolute Gasteiger partial charge is 0.343 e. The number of rotatable bonds is 4. The highest BCUT2D eigenvalue weighted by Gasteiger charge is 2.42. The minimum absolute atomic E-state index is 0.0873. The van der Waals surface area contributed by atoms with E-state index >= 15 is 0 Å². The molecule has 0 aliphatic carbocycles. The van der Waals surface area contributed by atoms with E-state index in [1.807, 2.05) is 6.92 Å². The van der Waals surface area contributed by atoms with Crippen molar-refractivity contribution in [3.05, 3.63) is 46.9 Å². The molecule has 0 unspecified atom stereocenters. The van der Waals surface area contributed by atoms with Gasteiger partial charge in [0.05, 0.1) is 18.5 Å². The maximum absolute atomic E-state index is 13.1. The summed E-state index contributed by atoms with van der Waals surface area (Å²) in [5, 5.41) is 0. The molecule has 8 heteroatoms.